The van der Waals surface area contributed by atoms with Crippen LogP contribution in [0.2, 0.25) is 4.34 Å². The van der Waals surface area contributed by atoms with Gasteiger partial charge >= 0.3 is 0 Å². The molecule has 0 spiro atoms. The molecule has 2 heterocycles. The molecule has 1 aliphatic heterocycles. The maximum Gasteiger partial charge on any atom is 0.0931 e. The molecule has 1 N–H and O–H groups in total. The molecule has 1 atom stereocenters. The fourth-order valence-corrected chi connectivity index (χ4v) is 3.41. The van der Waals surface area contributed by atoms with E-state index in [4.69, 9.17) is 16.8 Å². The van der Waals surface area contributed by atoms with Crippen LogP contribution in [0, 0.1) is 5.92 Å². The highest BCUT2D eigenvalue weighted by molar-refractivity contribution is 7.16. The molecule has 0 aliphatic carbocycles. The van der Waals surface area contributed by atoms with E-state index in [1.54, 1.807) is 11.3 Å². The average Bonchev–Trinajstić information content (AvgIpc) is 2.74. The van der Waals surface area contributed by atoms with Crippen molar-refractivity contribution in [1.29, 1.82) is 0 Å². The van der Waals surface area contributed by atoms with Crippen LogP contribution in [0.1, 0.15) is 24.6 Å². The first-order valence-corrected chi connectivity index (χ1v) is 7.09. The maximum absolute atomic E-state index is 8.93. The number of thiophene rings is 1. The van der Waals surface area contributed by atoms with E-state index in [1.807, 2.05) is 6.07 Å². The lowest BCUT2D eigenvalue weighted by atomic mass is 9.93. The Hall–Kier alpha value is -0.580. The molecule has 2 rings (SSSR count). The molecular weight excluding hydrogens is 256 g/mol. The minimum Gasteiger partial charge on any atom is -0.411 e. The molecular formula is C12H17ClN2OS. The Bertz CT molecular complexity index is 405. The van der Waals surface area contributed by atoms with Crippen molar-refractivity contribution in [3.63, 3.8) is 0 Å². The number of hydrogen-bond acceptors (Lipinski definition) is 4. The Morgan fingerprint density at radius 2 is 2.41 bits per heavy atom. The number of oxime groups is 1. The van der Waals surface area contributed by atoms with Gasteiger partial charge in [0.1, 0.15) is 0 Å². The first kappa shape index (κ1) is 12.9. The zero-order chi connectivity index (χ0) is 12.3. The first-order valence-electron chi connectivity index (χ1n) is 5.90. The second-order valence-corrected chi connectivity index (χ2v) is 6.19. The van der Waals surface area contributed by atoms with Crippen LogP contribution >= 0.6 is 22.9 Å². The third-order valence-corrected chi connectivity index (χ3v) is 4.48. The number of nitrogens with zero attached hydrogens (tertiary/aromatic N) is 2. The molecule has 0 bridgehead atoms. The van der Waals surface area contributed by atoms with Gasteiger partial charge in [-0.1, -0.05) is 23.7 Å². The van der Waals surface area contributed by atoms with Crippen LogP contribution in [0.25, 0.3) is 0 Å². The van der Waals surface area contributed by atoms with Gasteiger partial charge in [-0.2, -0.15) is 0 Å². The summed E-state index contributed by atoms with van der Waals surface area (Å²) in [5.74, 6) is 0.393. The lowest BCUT2D eigenvalue weighted by Gasteiger charge is -2.32. The van der Waals surface area contributed by atoms with E-state index in [9.17, 15) is 0 Å². The predicted molar refractivity (Wildman–Crippen MR) is 72.2 cm³/mol. The van der Waals surface area contributed by atoms with Crippen molar-refractivity contribution in [2.75, 3.05) is 13.1 Å². The number of rotatable bonds is 3. The second-order valence-electron chi connectivity index (χ2n) is 4.39. The van der Waals surface area contributed by atoms with E-state index in [0.717, 1.165) is 42.5 Å². The number of piperidine rings is 1. The molecule has 0 radical (unpaired) electrons. The van der Waals surface area contributed by atoms with Crippen molar-refractivity contribution < 1.29 is 5.21 Å². The largest absolute Gasteiger partial charge is 0.411 e. The van der Waals surface area contributed by atoms with Gasteiger partial charge < -0.3 is 5.21 Å². The van der Waals surface area contributed by atoms with Gasteiger partial charge in [0, 0.05) is 36.9 Å². The highest BCUT2D eigenvalue weighted by atomic mass is 35.5. The molecule has 1 aromatic rings. The van der Waals surface area contributed by atoms with Gasteiger partial charge in [-0.05, 0) is 18.6 Å². The van der Waals surface area contributed by atoms with Crippen LogP contribution in [-0.2, 0) is 6.54 Å². The normalized spacial score (nSPS) is 24.4. The highest BCUT2D eigenvalue weighted by Gasteiger charge is 2.24. The summed E-state index contributed by atoms with van der Waals surface area (Å²) in [4.78, 5) is 3.71. The Balaban J connectivity index is 1.96. The molecule has 0 aromatic carbocycles. The van der Waals surface area contributed by atoms with E-state index in [0.29, 0.717) is 5.92 Å². The SMILES string of the molecule is CCC1CN(Cc2ccc(Cl)s2)CC/C1=N\O. The van der Waals surface area contributed by atoms with Gasteiger partial charge in [-0.25, -0.2) is 0 Å². The maximum atomic E-state index is 8.93. The van der Waals surface area contributed by atoms with E-state index in [1.165, 1.54) is 4.88 Å². The Labute approximate surface area is 111 Å². The molecule has 5 heteroatoms. The molecule has 94 valence electrons. The monoisotopic (exact) mass is 272 g/mol. The molecule has 1 saturated heterocycles. The fourth-order valence-electron chi connectivity index (χ4n) is 2.28. The van der Waals surface area contributed by atoms with E-state index >= 15 is 0 Å². The highest BCUT2D eigenvalue weighted by Crippen LogP contribution is 2.25. The van der Waals surface area contributed by atoms with Crippen molar-refractivity contribution in [2.24, 2.45) is 11.1 Å². The summed E-state index contributed by atoms with van der Waals surface area (Å²) in [5.41, 5.74) is 0.952. The third-order valence-electron chi connectivity index (χ3n) is 3.26. The van der Waals surface area contributed by atoms with E-state index in [2.05, 4.69) is 23.0 Å². The first-order chi connectivity index (χ1) is 8.22. The van der Waals surface area contributed by atoms with E-state index < -0.39 is 0 Å². The molecule has 17 heavy (non-hydrogen) atoms. The summed E-state index contributed by atoms with van der Waals surface area (Å²) >= 11 is 7.57. The molecule has 0 saturated carbocycles. The smallest absolute Gasteiger partial charge is 0.0931 e. The Morgan fingerprint density at radius 3 is 3.00 bits per heavy atom. The second kappa shape index (κ2) is 5.85. The Kier molecular flexibility index (Phi) is 4.42. The van der Waals surface area contributed by atoms with Gasteiger partial charge in [0.25, 0.3) is 0 Å². The summed E-state index contributed by atoms with van der Waals surface area (Å²) in [7, 11) is 0. The summed E-state index contributed by atoms with van der Waals surface area (Å²) in [6, 6.07) is 4.03. The summed E-state index contributed by atoms with van der Waals surface area (Å²) in [6.07, 6.45) is 1.90. The van der Waals surface area contributed by atoms with Crippen molar-refractivity contribution in [3.05, 3.63) is 21.3 Å². The molecule has 1 unspecified atom stereocenters. The van der Waals surface area contributed by atoms with E-state index in [-0.39, 0.29) is 0 Å². The van der Waals surface area contributed by atoms with Gasteiger partial charge in [0.05, 0.1) is 10.0 Å². The minimum atomic E-state index is 0.393. The zero-order valence-electron chi connectivity index (χ0n) is 9.90. The van der Waals surface area contributed by atoms with Gasteiger partial charge in [-0.3, -0.25) is 4.90 Å². The van der Waals surface area contributed by atoms with Gasteiger partial charge in [-0.15, -0.1) is 11.3 Å². The van der Waals surface area contributed by atoms with Gasteiger partial charge in [0.2, 0.25) is 0 Å². The van der Waals surface area contributed by atoms with Crippen LogP contribution in [0.4, 0.5) is 0 Å². The topological polar surface area (TPSA) is 35.8 Å². The molecule has 1 aliphatic rings. The predicted octanol–water partition coefficient (Wildman–Crippen LogP) is 3.46. The van der Waals surface area contributed by atoms with Crippen LogP contribution < -0.4 is 0 Å². The summed E-state index contributed by atoms with van der Waals surface area (Å²) in [6.45, 7) is 5.03. The van der Waals surface area contributed by atoms with Gasteiger partial charge in [0.15, 0.2) is 0 Å². The van der Waals surface area contributed by atoms with Crippen LogP contribution in [0.15, 0.2) is 17.3 Å². The summed E-state index contributed by atoms with van der Waals surface area (Å²) < 4.78 is 0.849. The molecule has 0 amide bonds. The van der Waals surface area contributed by atoms with Crippen molar-refractivity contribution >= 4 is 28.6 Å². The van der Waals surface area contributed by atoms with Crippen LogP contribution in [0.3, 0.4) is 0 Å². The minimum absolute atomic E-state index is 0.393. The van der Waals surface area contributed by atoms with Crippen LogP contribution in [0.5, 0.6) is 0 Å². The lowest BCUT2D eigenvalue weighted by Crippen LogP contribution is -2.40. The third kappa shape index (κ3) is 3.21. The number of likely N-dealkylation sites (tertiary alicyclic amines) is 1. The van der Waals surface area contributed by atoms with Crippen molar-refractivity contribution in [2.45, 2.75) is 26.3 Å². The van der Waals surface area contributed by atoms with Crippen LogP contribution in [-0.4, -0.2) is 28.9 Å². The Morgan fingerprint density at radius 1 is 1.59 bits per heavy atom. The number of halogens is 1. The lowest BCUT2D eigenvalue weighted by molar-refractivity contribution is 0.222. The molecule has 1 aromatic heterocycles. The quantitative estimate of drug-likeness (QED) is 0.676. The summed E-state index contributed by atoms with van der Waals surface area (Å²) in [5, 5.41) is 12.3. The molecule has 3 nitrogen and oxygen atoms in total. The number of hydrogen-bond donors (Lipinski definition) is 1. The molecule has 1 fully saturated rings. The van der Waals surface area contributed by atoms with Crippen molar-refractivity contribution in [1.82, 2.24) is 4.90 Å². The zero-order valence-corrected chi connectivity index (χ0v) is 11.5. The fraction of sp³-hybridized carbons (Fsp3) is 0.583. The van der Waals surface area contributed by atoms with Crippen molar-refractivity contribution in [3.8, 4) is 0 Å². The average molecular weight is 273 g/mol. The standard InChI is InChI=1S/C12H17ClN2OS/c1-2-9-7-15(6-5-11(9)14-16)8-10-3-4-12(13)17-10/h3-4,9,16H,2,5-8H2,1H3/b14-11+.